The number of amides is 1. The van der Waals surface area contributed by atoms with Crippen LogP contribution >= 0.6 is 0 Å². The summed E-state index contributed by atoms with van der Waals surface area (Å²) in [4.78, 5) is 14.3. The number of nitrogens with zero attached hydrogens (tertiary/aromatic N) is 1. The van der Waals surface area contributed by atoms with E-state index in [1.807, 2.05) is 71.0 Å². The molecule has 0 unspecified atom stereocenters. The average molecular weight is 395 g/mol. The number of rotatable bonds is 6. The first-order valence-electron chi connectivity index (χ1n) is 9.56. The molecule has 0 fully saturated rings. The van der Waals surface area contributed by atoms with Gasteiger partial charge in [-0.25, -0.2) is 0 Å². The quantitative estimate of drug-likeness (QED) is 0.479. The summed E-state index contributed by atoms with van der Waals surface area (Å²) in [7, 11) is 1.62. The molecule has 6 heteroatoms. The Bertz CT molecular complexity index is 896. The molecule has 2 aromatic carbocycles. The number of amidine groups is 1. The van der Waals surface area contributed by atoms with Gasteiger partial charge in [0.2, 0.25) is 0 Å². The predicted octanol–water partition coefficient (Wildman–Crippen LogP) is 4.94. The fourth-order valence-electron chi connectivity index (χ4n) is 2.81. The van der Waals surface area contributed by atoms with Crippen LogP contribution in [0.5, 0.6) is 5.75 Å². The standard InChI is InChI=1S/C23H30N4O2/c1-15(2)21(25)27(14-24)19-12-17(16-7-9-20(29-6)10-8-16)11-18(13-19)22(28)26-23(3,4)5/h7-15,24-25H,1-6H3,(H,26,28). The van der Waals surface area contributed by atoms with Crippen LogP contribution in [-0.4, -0.2) is 30.7 Å². The lowest BCUT2D eigenvalue weighted by atomic mass is 9.99. The van der Waals surface area contributed by atoms with E-state index in [-0.39, 0.29) is 23.2 Å². The third-order valence-corrected chi connectivity index (χ3v) is 4.31. The predicted molar refractivity (Wildman–Crippen MR) is 119 cm³/mol. The fourth-order valence-corrected chi connectivity index (χ4v) is 2.81. The number of carbonyl (C=O) groups is 1. The second kappa shape index (κ2) is 8.90. The molecule has 0 aliphatic rings. The first kappa shape index (κ1) is 22.1. The van der Waals surface area contributed by atoms with Crippen LogP contribution in [0.4, 0.5) is 5.69 Å². The number of ether oxygens (including phenoxy) is 1. The van der Waals surface area contributed by atoms with Gasteiger partial charge in [0, 0.05) is 22.7 Å². The molecule has 0 aromatic heterocycles. The first-order valence-corrected chi connectivity index (χ1v) is 9.56. The zero-order valence-corrected chi connectivity index (χ0v) is 18.0. The Balaban J connectivity index is 2.60. The number of hydrogen-bond acceptors (Lipinski definition) is 4. The number of nitrogens with one attached hydrogen (secondary N) is 3. The van der Waals surface area contributed by atoms with E-state index in [1.165, 1.54) is 4.90 Å². The molecule has 0 atom stereocenters. The van der Waals surface area contributed by atoms with Gasteiger partial charge in [-0.1, -0.05) is 26.0 Å². The van der Waals surface area contributed by atoms with Crippen molar-refractivity contribution >= 4 is 23.8 Å². The van der Waals surface area contributed by atoms with Crippen LogP contribution in [0.2, 0.25) is 0 Å². The molecule has 2 aromatic rings. The van der Waals surface area contributed by atoms with Gasteiger partial charge in [-0.15, -0.1) is 0 Å². The third-order valence-electron chi connectivity index (χ3n) is 4.31. The van der Waals surface area contributed by atoms with Crippen LogP contribution < -0.4 is 15.0 Å². The Labute approximate surface area is 172 Å². The Morgan fingerprint density at radius 1 is 1.10 bits per heavy atom. The van der Waals surface area contributed by atoms with Gasteiger partial charge in [0.25, 0.3) is 5.91 Å². The smallest absolute Gasteiger partial charge is 0.251 e. The minimum Gasteiger partial charge on any atom is -0.497 e. The highest BCUT2D eigenvalue weighted by molar-refractivity contribution is 6.11. The van der Waals surface area contributed by atoms with Gasteiger partial charge in [-0.05, 0) is 62.2 Å². The summed E-state index contributed by atoms with van der Waals surface area (Å²) >= 11 is 0. The number of carbonyl (C=O) groups excluding carboxylic acids is 1. The summed E-state index contributed by atoms with van der Waals surface area (Å²) in [5.41, 5.74) is 2.45. The van der Waals surface area contributed by atoms with Crippen molar-refractivity contribution in [1.29, 1.82) is 10.8 Å². The van der Waals surface area contributed by atoms with Crippen molar-refractivity contribution in [2.75, 3.05) is 12.0 Å². The zero-order chi connectivity index (χ0) is 21.8. The SMILES string of the molecule is COc1ccc(-c2cc(C(=O)NC(C)(C)C)cc(N(C=N)C(=N)C(C)C)c2)cc1. The molecule has 6 nitrogen and oxygen atoms in total. The molecule has 0 heterocycles. The van der Waals surface area contributed by atoms with E-state index in [1.54, 1.807) is 13.2 Å². The van der Waals surface area contributed by atoms with Crippen molar-refractivity contribution in [2.45, 2.75) is 40.2 Å². The molecule has 1 amide bonds. The van der Waals surface area contributed by atoms with Crippen molar-refractivity contribution in [3.63, 3.8) is 0 Å². The minimum absolute atomic E-state index is 0.0619. The topological polar surface area (TPSA) is 89.3 Å². The summed E-state index contributed by atoms with van der Waals surface area (Å²) < 4.78 is 5.23. The van der Waals surface area contributed by atoms with Gasteiger partial charge in [-0.3, -0.25) is 20.5 Å². The van der Waals surface area contributed by atoms with E-state index in [2.05, 4.69) is 5.32 Å². The van der Waals surface area contributed by atoms with E-state index >= 15 is 0 Å². The summed E-state index contributed by atoms with van der Waals surface area (Å²) in [6, 6.07) is 13.0. The van der Waals surface area contributed by atoms with Crippen LogP contribution in [0.15, 0.2) is 42.5 Å². The fraction of sp³-hybridized carbons (Fsp3) is 0.348. The maximum absolute atomic E-state index is 12.9. The molecular formula is C23H30N4O2. The first-order chi connectivity index (χ1) is 13.6. The minimum atomic E-state index is -0.376. The Morgan fingerprint density at radius 2 is 1.72 bits per heavy atom. The normalized spacial score (nSPS) is 11.1. The molecule has 0 aliphatic carbocycles. The third kappa shape index (κ3) is 5.67. The van der Waals surface area contributed by atoms with E-state index in [9.17, 15) is 4.79 Å². The molecule has 0 aliphatic heterocycles. The summed E-state index contributed by atoms with van der Waals surface area (Å²) in [6.45, 7) is 9.59. The number of benzene rings is 2. The van der Waals surface area contributed by atoms with E-state index in [0.717, 1.165) is 23.2 Å². The van der Waals surface area contributed by atoms with Crippen LogP contribution in [0, 0.1) is 16.7 Å². The largest absolute Gasteiger partial charge is 0.497 e. The summed E-state index contributed by atoms with van der Waals surface area (Å²) in [5, 5.41) is 19.1. The van der Waals surface area contributed by atoms with Crippen molar-refractivity contribution in [1.82, 2.24) is 5.32 Å². The number of hydrogen-bond donors (Lipinski definition) is 3. The molecule has 0 spiro atoms. The molecule has 0 bridgehead atoms. The molecule has 154 valence electrons. The van der Waals surface area contributed by atoms with Gasteiger partial charge < -0.3 is 10.1 Å². The van der Waals surface area contributed by atoms with E-state index in [4.69, 9.17) is 15.6 Å². The van der Waals surface area contributed by atoms with Crippen molar-refractivity contribution in [3.8, 4) is 16.9 Å². The molecule has 3 N–H and O–H groups in total. The Morgan fingerprint density at radius 3 is 2.21 bits per heavy atom. The lowest BCUT2D eigenvalue weighted by Gasteiger charge is -2.25. The van der Waals surface area contributed by atoms with Gasteiger partial charge >= 0.3 is 0 Å². The highest BCUT2D eigenvalue weighted by Crippen LogP contribution is 2.29. The zero-order valence-electron chi connectivity index (χ0n) is 18.0. The van der Waals surface area contributed by atoms with Crippen molar-refractivity contribution < 1.29 is 9.53 Å². The Kier molecular flexibility index (Phi) is 6.80. The maximum atomic E-state index is 12.9. The second-order valence-corrected chi connectivity index (χ2v) is 8.24. The monoisotopic (exact) mass is 394 g/mol. The van der Waals surface area contributed by atoms with E-state index < -0.39 is 0 Å². The van der Waals surface area contributed by atoms with Crippen LogP contribution in [0.25, 0.3) is 11.1 Å². The molecule has 0 saturated heterocycles. The van der Waals surface area contributed by atoms with Crippen molar-refractivity contribution in [2.24, 2.45) is 5.92 Å². The van der Waals surface area contributed by atoms with E-state index in [0.29, 0.717) is 11.3 Å². The molecule has 0 saturated carbocycles. The van der Waals surface area contributed by atoms with Gasteiger partial charge in [0.15, 0.2) is 0 Å². The van der Waals surface area contributed by atoms with Gasteiger partial charge in [0.1, 0.15) is 11.6 Å². The molecule has 0 radical (unpaired) electrons. The van der Waals surface area contributed by atoms with Crippen LogP contribution in [-0.2, 0) is 0 Å². The van der Waals surface area contributed by atoms with Gasteiger partial charge in [-0.2, -0.15) is 0 Å². The average Bonchev–Trinajstić information content (AvgIpc) is 2.67. The van der Waals surface area contributed by atoms with Crippen LogP contribution in [0.3, 0.4) is 0 Å². The number of anilines is 1. The molecule has 29 heavy (non-hydrogen) atoms. The van der Waals surface area contributed by atoms with Gasteiger partial charge in [0.05, 0.1) is 13.4 Å². The van der Waals surface area contributed by atoms with Crippen LogP contribution in [0.1, 0.15) is 45.0 Å². The number of methoxy groups -OCH3 is 1. The highest BCUT2D eigenvalue weighted by Gasteiger charge is 2.20. The molecular weight excluding hydrogens is 364 g/mol. The maximum Gasteiger partial charge on any atom is 0.251 e. The summed E-state index contributed by atoms with van der Waals surface area (Å²) in [5.74, 6) is 0.774. The Hall–Kier alpha value is -3.15. The van der Waals surface area contributed by atoms with Crippen molar-refractivity contribution in [3.05, 3.63) is 48.0 Å². The lowest BCUT2D eigenvalue weighted by molar-refractivity contribution is 0.0919. The second-order valence-electron chi connectivity index (χ2n) is 8.24. The lowest BCUT2D eigenvalue weighted by Crippen LogP contribution is -2.40. The summed E-state index contributed by atoms with van der Waals surface area (Å²) in [6.07, 6.45) is 1.11. The highest BCUT2D eigenvalue weighted by atomic mass is 16.5. The molecule has 2 rings (SSSR count).